The summed E-state index contributed by atoms with van der Waals surface area (Å²) < 4.78 is 5.29. The molecular weight excluding hydrogens is 224 g/mol. The SMILES string of the molecule is CCCCC1=C(COC)C1(CO)c1ccccc1. The lowest BCUT2D eigenvalue weighted by molar-refractivity contribution is 0.210. The quantitative estimate of drug-likeness (QED) is 0.749. The number of aliphatic hydroxyl groups excluding tert-OH is 1. The Kier molecular flexibility index (Phi) is 4.20. The van der Waals surface area contributed by atoms with Gasteiger partial charge in [0.05, 0.1) is 18.6 Å². The van der Waals surface area contributed by atoms with Crippen LogP contribution in [-0.2, 0) is 10.2 Å². The van der Waals surface area contributed by atoms with E-state index in [0.717, 1.165) is 6.42 Å². The molecule has 2 nitrogen and oxygen atoms in total. The second kappa shape index (κ2) is 5.68. The van der Waals surface area contributed by atoms with Crippen LogP contribution >= 0.6 is 0 Å². The minimum absolute atomic E-state index is 0.161. The van der Waals surface area contributed by atoms with Crippen molar-refractivity contribution in [3.63, 3.8) is 0 Å². The van der Waals surface area contributed by atoms with Crippen LogP contribution in [0.1, 0.15) is 31.7 Å². The van der Waals surface area contributed by atoms with Gasteiger partial charge >= 0.3 is 0 Å². The van der Waals surface area contributed by atoms with Gasteiger partial charge in [0.15, 0.2) is 0 Å². The minimum Gasteiger partial charge on any atom is -0.395 e. The van der Waals surface area contributed by atoms with E-state index in [1.54, 1.807) is 7.11 Å². The molecule has 1 aromatic carbocycles. The number of ether oxygens (including phenoxy) is 1. The van der Waals surface area contributed by atoms with Crippen LogP contribution < -0.4 is 0 Å². The minimum atomic E-state index is -0.216. The lowest BCUT2D eigenvalue weighted by Gasteiger charge is -2.18. The standard InChI is InChI=1S/C16H22O2/c1-3-4-10-14-15(11-18-2)16(14,12-17)13-8-6-5-7-9-13/h5-9,17H,3-4,10-12H2,1-2H3. The topological polar surface area (TPSA) is 29.5 Å². The first kappa shape index (κ1) is 13.3. The number of hydrogen-bond acceptors (Lipinski definition) is 2. The highest BCUT2D eigenvalue weighted by atomic mass is 16.5. The van der Waals surface area contributed by atoms with Crippen LogP contribution in [0.5, 0.6) is 0 Å². The van der Waals surface area contributed by atoms with Crippen molar-refractivity contribution in [3.05, 3.63) is 47.0 Å². The summed E-state index contributed by atoms with van der Waals surface area (Å²) >= 11 is 0. The van der Waals surface area contributed by atoms with Crippen molar-refractivity contribution in [1.29, 1.82) is 0 Å². The maximum Gasteiger partial charge on any atom is 0.0688 e. The van der Waals surface area contributed by atoms with Crippen LogP contribution in [0, 0.1) is 0 Å². The Balaban J connectivity index is 2.24. The fourth-order valence-corrected chi connectivity index (χ4v) is 2.87. The number of aliphatic hydroxyl groups is 1. The van der Waals surface area contributed by atoms with Crippen molar-refractivity contribution in [3.8, 4) is 0 Å². The molecule has 0 saturated heterocycles. The highest BCUT2D eigenvalue weighted by Gasteiger charge is 2.52. The third kappa shape index (κ3) is 2.11. The molecule has 0 radical (unpaired) electrons. The van der Waals surface area contributed by atoms with Gasteiger partial charge in [0.1, 0.15) is 0 Å². The largest absolute Gasteiger partial charge is 0.395 e. The fourth-order valence-electron chi connectivity index (χ4n) is 2.87. The average molecular weight is 246 g/mol. The molecule has 0 saturated carbocycles. The van der Waals surface area contributed by atoms with E-state index in [9.17, 15) is 5.11 Å². The van der Waals surface area contributed by atoms with E-state index >= 15 is 0 Å². The van der Waals surface area contributed by atoms with E-state index in [4.69, 9.17) is 4.74 Å². The van der Waals surface area contributed by atoms with Gasteiger partial charge in [-0.3, -0.25) is 0 Å². The zero-order chi connectivity index (χ0) is 13.0. The van der Waals surface area contributed by atoms with Gasteiger partial charge in [-0.1, -0.05) is 49.2 Å². The Morgan fingerprint density at radius 2 is 1.89 bits per heavy atom. The zero-order valence-electron chi connectivity index (χ0n) is 11.3. The van der Waals surface area contributed by atoms with E-state index in [2.05, 4.69) is 19.1 Å². The zero-order valence-corrected chi connectivity index (χ0v) is 11.3. The summed E-state index contributed by atoms with van der Waals surface area (Å²) in [6.07, 6.45) is 3.43. The van der Waals surface area contributed by atoms with Crippen molar-refractivity contribution >= 4 is 0 Å². The van der Waals surface area contributed by atoms with Crippen molar-refractivity contribution in [2.45, 2.75) is 31.6 Å². The van der Waals surface area contributed by atoms with Crippen LogP contribution in [0.2, 0.25) is 0 Å². The normalized spacial score (nSPS) is 22.4. The molecule has 18 heavy (non-hydrogen) atoms. The van der Waals surface area contributed by atoms with E-state index in [-0.39, 0.29) is 12.0 Å². The molecule has 0 amide bonds. The number of hydrogen-bond donors (Lipinski definition) is 1. The molecule has 0 spiro atoms. The maximum atomic E-state index is 9.88. The molecule has 1 aliphatic rings. The number of unbranched alkanes of at least 4 members (excludes halogenated alkanes) is 1. The van der Waals surface area contributed by atoms with Gasteiger partial charge in [0.2, 0.25) is 0 Å². The first-order valence-electron chi connectivity index (χ1n) is 6.69. The van der Waals surface area contributed by atoms with Crippen LogP contribution in [0.3, 0.4) is 0 Å². The summed E-state index contributed by atoms with van der Waals surface area (Å²) in [7, 11) is 1.72. The van der Waals surface area contributed by atoms with Gasteiger partial charge in [-0.25, -0.2) is 0 Å². The number of methoxy groups -OCH3 is 1. The average Bonchev–Trinajstić information content (AvgIpc) is 3.05. The molecule has 1 unspecified atom stereocenters. The van der Waals surface area contributed by atoms with Crippen LogP contribution in [0.25, 0.3) is 0 Å². The first-order chi connectivity index (χ1) is 8.81. The monoisotopic (exact) mass is 246 g/mol. The van der Waals surface area contributed by atoms with Crippen molar-refractivity contribution in [1.82, 2.24) is 0 Å². The van der Waals surface area contributed by atoms with Gasteiger partial charge in [-0.05, 0) is 24.0 Å². The lowest BCUT2D eigenvalue weighted by atomic mass is 9.87. The molecule has 0 heterocycles. The summed E-state index contributed by atoms with van der Waals surface area (Å²) in [4.78, 5) is 0. The molecule has 2 heteroatoms. The van der Waals surface area contributed by atoms with Crippen LogP contribution in [0.4, 0.5) is 0 Å². The van der Waals surface area contributed by atoms with E-state index in [0.29, 0.717) is 6.61 Å². The second-order valence-electron chi connectivity index (χ2n) is 4.92. The number of benzene rings is 1. The Hall–Kier alpha value is -1.12. The Labute approximate surface area is 109 Å². The molecular formula is C16H22O2. The van der Waals surface area contributed by atoms with E-state index < -0.39 is 0 Å². The summed E-state index contributed by atoms with van der Waals surface area (Å²) in [5.41, 5.74) is 3.66. The van der Waals surface area contributed by atoms with Crippen molar-refractivity contribution in [2.75, 3.05) is 20.3 Å². The van der Waals surface area contributed by atoms with Gasteiger partial charge in [0, 0.05) is 7.11 Å². The molecule has 1 aromatic rings. The highest BCUT2D eigenvalue weighted by molar-refractivity contribution is 5.62. The Morgan fingerprint density at radius 1 is 1.17 bits per heavy atom. The fraction of sp³-hybridized carbons (Fsp3) is 0.500. The molecule has 0 aromatic heterocycles. The molecule has 2 rings (SSSR count). The third-order valence-corrected chi connectivity index (χ3v) is 3.90. The van der Waals surface area contributed by atoms with E-state index in [1.807, 2.05) is 18.2 Å². The van der Waals surface area contributed by atoms with Gasteiger partial charge in [-0.15, -0.1) is 0 Å². The Morgan fingerprint density at radius 3 is 2.44 bits per heavy atom. The lowest BCUT2D eigenvalue weighted by Crippen LogP contribution is -2.20. The first-order valence-corrected chi connectivity index (χ1v) is 6.69. The predicted octanol–water partition coefficient (Wildman–Crippen LogP) is 3.06. The van der Waals surface area contributed by atoms with Crippen LogP contribution in [-0.4, -0.2) is 25.4 Å². The van der Waals surface area contributed by atoms with Gasteiger partial charge in [0.25, 0.3) is 0 Å². The molecule has 0 aliphatic heterocycles. The highest BCUT2D eigenvalue weighted by Crippen LogP contribution is 2.56. The van der Waals surface area contributed by atoms with E-state index in [1.165, 1.54) is 29.6 Å². The number of rotatable bonds is 7. The third-order valence-electron chi connectivity index (χ3n) is 3.90. The molecule has 0 bridgehead atoms. The second-order valence-corrected chi connectivity index (χ2v) is 4.92. The summed E-state index contributed by atoms with van der Waals surface area (Å²) in [5, 5.41) is 9.88. The summed E-state index contributed by atoms with van der Waals surface area (Å²) in [5.74, 6) is 0. The maximum absolute atomic E-state index is 9.88. The molecule has 1 atom stereocenters. The predicted molar refractivity (Wildman–Crippen MR) is 73.6 cm³/mol. The molecule has 0 fully saturated rings. The molecule has 1 N–H and O–H groups in total. The van der Waals surface area contributed by atoms with Crippen LogP contribution in [0.15, 0.2) is 41.5 Å². The molecule has 98 valence electrons. The van der Waals surface area contributed by atoms with Crippen molar-refractivity contribution in [2.24, 2.45) is 0 Å². The van der Waals surface area contributed by atoms with Gasteiger partial charge in [-0.2, -0.15) is 0 Å². The summed E-state index contributed by atoms with van der Waals surface area (Å²) in [6, 6.07) is 10.3. The Bertz CT molecular complexity index is 422. The van der Waals surface area contributed by atoms with Gasteiger partial charge < -0.3 is 9.84 Å². The molecule has 1 aliphatic carbocycles. The van der Waals surface area contributed by atoms with Crippen molar-refractivity contribution < 1.29 is 9.84 Å². The smallest absolute Gasteiger partial charge is 0.0688 e. The summed E-state index contributed by atoms with van der Waals surface area (Å²) in [6.45, 7) is 2.99.